The Labute approximate surface area is 168 Å². The molecule has 0 fully saturated rings. The molecule has 1 atom stereocenters. The zero-order valence-electron chi connectivity index (χ0n) is 16.2. The summed E-state index contributed by atoms with van der Waals surface area (Å²) in [5.74, 6) is -0.285. The molecule has 2 heterocycles. The molecule has 152 valence electrons. The molecule has 0 saturated heterocycles. The van der Waals surface area contributed by atoms with Gasteiger partial charge in [0, 0.05) is 36.6 Å². The van der Waals surface area contributed by atoms with E-state index in [2.05, 4.69) is 25.6 Å². The molecule has 0 unspecified atom stereocenters. The molecule has 0 bridgehead atoms. The van der Waals surface area contributed by atoms with E-state index in [0.717, 1.165) is 11.6 Å². The highest BCUT2D eigenvalue weighted by molar-refractivity contribution is 5.63. The number of aliphatic hydroxyl groups excluding tert-OH is 1. The number of rotatable bonds is 8. The molecule has 0 amide bonds. The molecule has 0 spiro atoms. The fourth-order valence-corrected chi connectivity index (χ4v) is 2.76. The molecule has 1 aromatic carbocycles. The number of aromatic nitrogens is 3. The Bertz CT molecular complexity index is 933. The molecule has 0 radical (unpaired) electrons. The smallest absolute Gasteiger partial charge is 0.225 e. The van der Waals surface area contributed by atoms with E-state index in [9.17, 15) is 13.9 Å². The lowest BCUT2D eigenvalue weighted by atomic mass is 10.1. The zero-order chi connectivity index (χ0) is 20.8. The van der Waals surface area contributed by atoms with Crippen LogP contribution in [0.15, 0.2) is 48.8 Å². The maximum atomic E-state index is 13.4. The van der Waals surface area contributed by atoms with Crippen LogP contribution in [-0.2, 0) is 6.54 Å². The van der Waals surface area contributed by atoms with Gasteiger partial charge in [0.2, 0.25) is 5.95 Å². The molecule has 0 aliphatic rings. The first-order valence-corrected chi connectivity index (χ1v) is 9.30. The van der Waals surface area contributed by atoms with Gasteiger partial charge in [-0.05, 0) is 35.7 Å². The Morgan fingerprint density at radius 3 is 2.45 bits per heavy atom. The molecule has 3 N–H and O–H groups in total. The second-order valence-corrected chi connectivity index (χ2v) is 7.01. The fourth-order valence-electron chi connectivity index (χ4n) is 2.76. The predicted molar refractivity (Wildman–Crippen MR) is 108 cm³/mol. The molecule has 6 nitrogen and oxygen atoms in total. The van der Waals surface area contributed by atoms with Gasteiger partial charge < -0.3 is 15.7 Å². The van der Waals surface area contributed by atoms with E-state index < -0.39 is 11.6 Å². The van der Waals surface area contributed by atoms with Gasteiger partial charge >= 0.3 is 0 Å². The predicted octanol–water partition coefficient (Wildman–Crippen LogP) is 3.86. The van der Waals surface area contributed by atoms with E-state index in [1.807, 2.05) is 19.9 Å². The highest BCUT2D eigenvalue weighted by Crippen LogP contribution is 2.22. The van der Waals surface area contributed by atoms with Crippen LogP contribution in [0, 0.1) is 17.6 Å². The Kier molecular flexibility index (Phi) is 6.66. The normalized spacial score (nSPS) is 12.1. The van der Waals surface area contributed by atoms with Gasteiger partial charge in [-0.3, -0.25) is 4.98 Å². The van der Waals surface area contributed by atoms with Crippen molar-refractivity contribution in [3.8, 4) is 11.3 Å². The molecular formula is C21H23F2N5O. The minimum Gasteiger partial charge on any atom is -0.394 e. The number of halogens is 2. The third-order valence-electron chi connectivity index (χ3n) is 4.40. The third-order valence-corrected chi connectivity index (χ3v) is 4.40. The summed E-state index contributed by atoms with van der Waals surface area (Å²) in [5.41, 5.74) is 1.88. The molecule has 8 heteroatoms. The second-order valence-electron chi connectivity index (χ2n) is 7.01. The SMILES string of the molecule is CC(C)[C@@H](CO)Nc1nc(NCc2cc(F)cc(F)c2)cc(-c2cccnc2)n1. The monoisotopic (exact) mass is 399 g/mol. The van der Waals surface area contributed by atoms with Crippen LogP contribution in [0.3, 0.4) is 0 Å². The summed E-state index contributed by atoms with van der Waals surface area (Å²) in [6.07, 6.45) is 3.35. The van der Waals surface area contributed by atoms with E-state index in [1.54, 1.807) is 24.5 Å². The number of benzene rings is 1. The molecule has 3 aromatic rings. The number of hydrogen-bond donors (Lipinski definition) is 3. The van der Waals surface area contributed by atoms with Crippen molar-refractivity contribution in [2.45, 2.75) is 26.4 Å². The lowest BCUT2D eigenvalue weighted by Gasteiger charge is -2.20. The Morgan fingerprint density at radius 1 is 1.07 bits per heavy atom. The van der Waals surface area contributed by atoms with Crippen molar-refractivity contribution >= 4 is 11.8 Å². The maximum absolute atomic E-state index is 13.4. The third kappa shape index (κ3) is 5.68. The van der Waals surface area contributed by atoms with Crippen molar-refractivity contribution in [2.75, 3.05) is 17.2 Å². The number of aliphatic hydroxyl groups is 1. The fraction of sp³-hybridized carbons (Fsp3) is 0.286. The van der Waals surface area contributed by atoms with Gasteiger partial charge in [0.1, 0.15) is 17.5 Å². The summed E-state index contributed by atoms with van der Waals surface area (Å²) in [7, 11) is 0. The van der Waals surface area contributed by atoms with Crippen molar-refractivity contribution in [2.24, 2.45) is 5.92 Å². The highest BCUT2D eigenvalue weighted by atomic mass is 19.1. The van der Waals surface area contributed by atoms with Gasteiger partial charge in [-0.25, -0.2) is 13.8 Å². The summed E-state index contributed by atoms with van der Waals surface area (Å²) in [6.45, 7) is 4.09. The highest BCUT2D eigenvalue weighted by Gasteiger charge is 2.15. The van der Waals surface area contributed by atoms with E-state index in [1.165, 1.54) is 12.1 Å². The summed E-state index contributed by atoms with van der Waals surface area (Å²) in [6, 6.07) is 8.55. The van der Waals surface area contributed by atoms with Gasteiger partial charge in [0.25, 0.3) is 0 Å². The van der Waals surface area contributed by atoms with Crippen LogP contribution in [0.25, 0.3) is 11.3 Å². The van der Waals surface area contributed by atoms with E-state index in [0.29, 0.717) is 23.0 Å². The van der Waals surface area contributed by atoms with Crippen LogP contribution in [0.4, 0.5) is 20.5 Å². The van der Waals surface area contributed by atoms with Crippen molar-refractivity contribution in [3.05, 3.63) is 66.0 Å². The van der Waals surface area contributed by atoms with E-state index >= 15 is 0 Å². The Hall–Kier alpha value is -3.13. The van der Waals surface area contributed by atoms with Crippen LogP contribution < -0.4 is 10.6 Å². The first kappa shape index (κ1) is 20.6. The van der Waals surface area contributed by atoms with Crippen LogP contribution in [0.1, 0.15) is 19.4 Å². The average molecular weight is 399 g/mol. The molecule has 0 aliphatic heterocycles. The average Bonchev–Trinajstić information content (AvgIpc) is 2.70. The quantitative estimate of drug-likeness (QED) is 0.534. The van der Waals surface area contributed by atoms with Crippen molar-refractivity contribution in [3.63, 3.8) is 0 Å². The molecule has 29 heavy (non-hydrogen) atoms. The van der Waals surface area contributed by atoms with Gasteiger partial charge in [0.05, 0.1) is 18.3 Å². The molecule has 2 aromatic heterocycles. The van der Waals surface area contributed by atoms with Crippen molar-refractivity contribution < 1.29 is 13.9 Å². The number of nitrogens with one attached hydrogen (secondary N) is 2. The van der Waals surface area contributed by atoms with Crippen molar-refractivity contribution in [1.82, 2.24) is 15.0 Å². The molecular weight excluding hydrogens is 376 g/mol. The minimum atomic E-state index is -0.634. The van der Waals surface area contributed by atoms with Crippen LogP contribution in [0.5, 0.6) is 0 Å². The number of nitrogens with zero attached hydrogens (tertiary/aromatic N) is 3. The number of hydrogen-bond acceptors (Lipinski definition) is 6. The summed E-state index contributed by atoms with van der Waals surface area (Å²) < 4.78 is 26.9. The van der Waals surface area contributed by atoms with Gasteiger partial charge in [-0.2, -0.15) is 4.98 Å². The van der Waals surface area contributed by atoms with Crippen LogP contribution in [-0.4, -0.2) is 32.7 Å². The standard InChI is InChI=1S/C21H23F2N5O/c1-13(2)19(12-29)27-21-26-18(15-4-3-5-24-11-15)9-20(28-21)25-10-14-6-16(22)8-17(23)7-14/h3-9,11,13,19,29H,10,12H2,1-2H3,(H2,25,26,27,28)/t19-/m1/s1. The molecule has 0 saturated carbocycles. The Morgan fingerprint density at radius 2 is 1.83 bits per heavy atom. The maximum Gasteiger partial charge on any atom is 0.225 e. The summed E-state index contributed by atoms with van der Waals surface area (Å²) in [4.78, 5) is 13.1. The lowest BCUT2D eigenvalue weighted by molar-refractivity contribution is 0.248. The molecule has 3 rings (SSSR count). The first-order valence-electron chi connectivity index (χ1n) is 9.30. The van der Waals surface area contributed by atoms with Crippen LogP contribution >= 0.6 is 0 Å². The number of pyridine rings is 1. The van der Waals surface area contributed by atoms with Crippen LogP contribution in [0.2, 0.25) is 0 Å². The van der Waals surface area contributed by atoms with Gasteiger partial charge in [-0.1, -0.05) is 13.8 Å². The molecule has 0 aliphatic carbocycles. The number of anilines is 2. The zero-order valence-corrected chi connectivity index (χ0v) is 16.2. The van der Waals surface area contributed by atoms with Crippen molar-refractivity contribution in [1.29, 1.82) is 0 Å². The largest absolute Gasteiger partial charge is 0.394 e. The van der Waals surface area contributed by atoms with Gasteiger partial charge in [-0.15, -0.1) is 0 Å². The Balaban J connectivity index is 1.89. The minimum absolute atomic E-state index is 0.0660. The first-order chi connectivity index (χ1) is 13.9. The summed E-state index contributed by atoms with van der Waals surface area (Å²) in [5, 5.41) is 15.8. The van der Waals surface area contributed by atoms with E-state index in [4.69, 9.17) is 0 Å². The second kappa shape index (κ2) is 9.38. The van der Waals surface area contributed by atoms with E-state index in [-0.39, 0.29) is 25.1 Å². The van der Waals surface area contributed by atoms with Gasteiger partial charge in [0.15, 0.2) is 0 Å². The summed E-state index contributed by atoms with van der Waals surface area (Å²) >= 11 is 0. The lowest BCUT2D eigenvalue weighted by Crippen LogP contribution is -2.30. The topological polar surface area (TPSA) is 83.0 Å².